The zero-order chi connectivity index (χ0) is 38.1. The third-order valence-corrected chi connectivity index (χ3v) is 8.82. The topological polar surface area (TPSA) is 194 Å². The maximum Gasteiger partial charge on any atom is 0.346 e. The summed E-state index contributed by atoms with van der Waals surface area (Å²) in [6.45, 7) is -0.796. The molecule has 0 aliphatic heterocycles. The monoisotopic (exact) mass is 764 g/mol. The lowest BCUT2D eigenvalue weighted by Gasteiger charge is -2.37. The number of rotatable bonds is 18. The van der Waals surface area contributed by atoms with Crippen molar-refractivity contribution in [1.29, 1.82) is 0 Å². The van der Waals surface area contributed by atoms with E-state index in [1.165, 1.54) is 12.1 Å². The average molecular weight is 765 g/mol. The van der Waals surface area contributed by atoms with Crippen molar-refractivity contribution in [2.45, 2.75) is 37.4 Å². The van der Waals surface area contributed by atoms with E-state index in [0.29, 0.717) is 27.7 Å². The summed E-state index contributed by atoms with van der Waals surface area (Å²) in [6.07, 6.45) is 4.31. The number of aliphatic hydroxyl groups excluding tert-OH is 1. The fourth-order valence-corrected chi connectivity index (χ4v) is 5.89. The van der Waals surface area contributed by atoms with Gasteiger partial charge in [-0.25, -0.2) is 18.2 Å². The van der Waals surface area contributed by atoms with Crippen LogP contribution in [0.3, 0.4) is 0 Å². The van der Waals surface area contributed by atoms with Crippen molar-refractivity contribution >= 4 is 40.0 Å². The van der Waals surface area contributed by atoms with E-state index in [1.54, 1.807) is 60.7 Å². The number of anilines is 1. The highest BCUT2D eigenvalue weighted by atomic mass is 35.5. The number of H-pyrrole nitrogens is 1. The molecular formula is C37H35ClF2N6O8. The Kier molecular flexibility index (Phi) is 12.3. The summed E-state index contributed by atoms with van der Waals surface area (Å²) >= 11 is 6.70. The first-order valence-electron chi connectivity index (χ1n) is 16.7. The maximum absolute atomic E-state index is 16.8. The number of halogens is 3. The second-order valence-electron chi connectivity index (χ2n) is 12.2. The first kappa shape index (κ1) is 38.1. The van der Waals surface area contributed by atoms with Crippen molar-refractivity contribution in [2.75, 3.05) is 31.7 Å². The fourth-order valence-electron chi connectivity index (χ4n) is 5.65. The van der Waals surface area contributed by atoms with E-state index in [4.69, 9.17) is 30.4 Å². The smallest absolute Gasteiger partial charge is 0.346 e. The molecule has 0 saturated heterocycles. The number of carboxylic acid groups (broad SMARTS) is 1. The SMILES string of the molecule is O=C(O)C(CO)NCc1cc(Cl)c(OCC2(OCCCNc3[nH]c(=O)ncc3F)C=CC=C(c3ccccc3)C2F)cc1OCc1ccc2nonc2c1. The van der Waals surface area contributed by atoms with Crippen molar-refractivity contribution in [2.24, 2.45) is 0 Å². The average Bonchev–Trinajstić information content (AvgIpc) is 3.65. The Hall–Kier alpha value is -5.68. The number of aliphatic hydroxyl groups is 1. The Morgan fingerprint density at radius 1 is 1.09 bits per heavy atom. The number of aromatic amines is 1. The number of allylic oxidation sites excluding steroid dienone is 2. The molecule has 5 aromatic rings. The normalized spacial score (nSPS) is 17.3. The molecule has 14 nitrogen and oxygen atoms in total. The minimum Gasteiger partial charge on any atom is -0.488 e. The molecule has 3 unspecified atom stereocenters. The number of nitrogens with zero attached hydrogens (tertiary/aromatic N) is 3. The van der Waals surface area contributed by atoms with Crippen molar-refractivity contribution in [3.8, 4) is 11.5 Å². The lowest BCUT2D eigenvalue weighted by atomic mass is 9.84. The number of aromatic nitrogens is 4. The van der Waals surface area contributed by atoms with Crippen molar-refractivity contribution in [1.82, 2.24) is 25.6 Å². The number of carbonyl (C=O) groups is 1. The molecule has 2 heterocycles. The summed E-state index contributed by atoms with van der Waals surface area (Å²) in [7, 11) is 0. The second kappa shape index (κ2) is 17.4. The second-order valence-corrected chi connectivity index (χ2v) is 12.6. The summed E-state index contributed by atoms with van der Waals surface area (Å²) < 4.78 is 54.2. The number of fused-ring (bicyclic) bond motifs is 1. The van der Waals surface area contributed by atoms with Gasteiger partial charge >= 0.3 is 11.7 Å². The van der Waals surface area contributed by atoms with Crippen LogP contribution < -0.4 is 25.8 Å². The third-order valence-electron chi connectivity index (χ3n) is 8.52. The number of carboxylic acids is 1. The Morgan fingerprint density at radius 2 is 1.91 bits per heavy atom. The molecule has 0 amide bonds. The van der Waals surface area contributed by atoms with Gasteiger partial charge in [-0.15, -0.1) is 0 Å². The molecular weight excluding hydrogens is 730 g/mol. The van der Waals surface area contributed by atoms with Crippen LogP contribution in [0.5, 0.6) is 11.5 Å². The fraction of sp³-hybridized carbons (Fsp3) is 0.270. The Bertz CT molecular complexity index is 2200. The van der Waals surface area contributed by atoms with Crippen LogP contribution in [0.15, 0.2) is 94.5 Å². The van der Waals surface area contributed by atoms with E-state index < -0.39 is 41.9 Å². The number of hydrogen-bond donors (Lipinski definition) is 5. The van der Waals surface area contributed by atoms with Crippen LogP contribution in [0.2, 0.25) is 5.02 Å². The van der Waals surface area contributed by atoms with E-state index in [9.17, 15) is 24.2 Å². The highest BCUT2D eigenvalue weighted by Gasteiger charge is 2.43. The lowest BCUT2D eigenvalue weighted by molar-refractivity contribution is -0.140. The largest absolute Gasteiger partial charge is 0.488 e. The molecule has 282 valence electrons. The van der Waals surface area contributed by atoms with Crippen molar-refractivity contribution < 1.29 is 42.6 Å². The van der Waals surface area contributed by atoms with E-state index in [1.807, 2.05) is 6.07 Å². The van der Waals surface area contributed by atoms with Gasteiger partial charge in [0, 0.05) is 31.3 Å². The molecule has 17 heteroatoms. The minimum absolute atomic E-state index is 0.00775. The van der Waals surface area contributed by atoms with E-state index >= 15 is 4.39 Å². The maximum atomic E-state index is 16.8. The quantitative estimate of drug-likeness (QED) is 0.0762. The molecule has 0 radical (unpaired) electrons. The summed E-state index contributed by atoms with van der Waals surface area (Å²) in [6, 6.07) is 16.0. The summed E-state index contributed by atoms with van der Waals surface area (Å²) in [5.41, 5.74) is 0.925. The molecule has 5 N–H and O–H groups in total. The predicted octanol–water partition coefficient (Wildman–Crippen LogP) is 4.84. The van der Waals surface area contributed by atoms with Crippen LogP contribution in [0.1, 0.15) is 23.1 Å². The Balaban J connectivity index is 1.23. The van der Waals surface area contributed by atoms with Gasteiger partial charge in [0.15, 0.2) is 17.6 Å². The number of ether oxygens (including phenoxy) is 3. The molecule has 6 rings (SSSR count). The van der Waals surface area contributed by atoms with Crippen LogP contribution in [0.4, 0.5) is 14.6 Å². The summed E-state index contributed by atoms with van der Waals surface area (Å²) in [5.74, 6) is -1.71. The number of hydrogen-bond acceptors (Lipinski definition) is 12. The molecule has 54 heavy (non-hydrogen) atoms. The molecule has 0 fully saturated rings. The lowest BCUT2D eigenvalue weighted by Crippen LogP contribution is -2.48. The standard InChI is InChI=1S/C37H35ClF2N6O8/c38-26-15-24(17-42-30(19-47)35(48)49)31(51-20-22-9-10-28-29(14-22)46-54-45-28)16-32(26)52-21-37(11-4-8-25(33(37)40)23-6-2-1-3-7-23)53-13-5-12-41-34-27(39)18-43-36(50)44-34/h1-4,6-11,14-16,18,30,33,42,47H,5,12-13,17,19-21H2,(H,48,49)(H2,41,43,44,50). The van der Waals surface area contributed by atoms with Crippen LogP contribution in [0, 0.1) is 5.82 Å². The van der Waals surface area contributed by atoms with Crippen molar-refractivity contribution in [3.63, 3.8) is 0 Å². The van der Waals surface area contributed by atoms with Gasteiger partial charge in [0.05, 0.1) is 17.8 Å². The van der Waals surface area contributed by atoms with Crippen LogP contribution in [-0.2, 0) is 22.7 Å². The Labute approximate surface area is 311 Å². The minimum atomic E-state index is -1.70. The van der Waals surface area contributed by atoms with Crippen LogP contribution >= 0.6 is 11.6 Å². The van der Waals surface area contributed by atoms with Gasteiger partial charge in [-0.2, -0.15) is 4.98 Å². The van der Waals surface area contributed by atoms with E-state index in [2.05, 4.69) is 30.9 Å². The van der Waals surface area contributed by atoms with Gasteiger partial charge in [0.25, 0.3) is 0 Å². The number of nitrogens with one attached hydrogen (secondary N) is 3. The molecule has 0 saturated carbocycles. The number of alkyl halides is 1. The number of aliphatic carboxylic acids is 1. The van der Waals surface area contributed by atoms with Crippen LogP contribution in [0.25, 0.3) is 16.6 Å². The van der Waals surface area contributed by atoms with Gasteiger partial charge in [0.2, 0.25) is 0 Å². The Morgan fingerprint density at radius 3 is 2.70 bits per heavy atom. The molecule has 1 aliphatic carbocycles. The highest BCUT2D eigenvalue weighted by molar-refractivity contribution is 6.32. The van der Waals surface area contributed by atoms with Gasteiger partial charge < -0.3 is 29.7 Å². The summed E-state index contributed by atoms with van der Waals surface area (Å²) in [4.78, 5) is 28.7. The molecule has 3 atom stereocenters. The third kappa shape index (κ3) is 9.09. The van der Waals surface area contributed by atoms with Gasteiger partial charge in [-0.05, 0) is 57.7 Å². The number of benzene rings is 3. The van der Waals surface area contributed by atoms with Crippen LogP contribution in [-0.4, -0.2) is 80.6 Å². The van der Waals surface area contributed by atoms with Crippen molar-refractivity contribution in [3.05, 3.63) is 123 Å². The van der Waals surface area contributed by atoms with Gasteiger partial charge in [0.1, 0.15) is 47.6 Å². The molecule has 0 spiro atoms. The first-order chi connectivity index (χ1) is 26.2. The molecule has 0 bridgehead atoms. The molecule has 2 aromatic heterocycles. The van der Waals surface area contributed by atoms with E-state index in [-0.39, 0.29) is 61.7 Å². The van der Waals surface area contributed by atoms with E-state index in [0.717, 1.165) is 11.8 Å². The highest BCUT2D eigenvalue weighted by Crippen LogP contribution is 2.39. The van der Waals surface area contributed by atoms with Gasteiger partial charge in [-0.1, -0.05) is 60.2 Å². The zero-order valence-corrected chi connectivity index (χ0v) is 29.3. The van der Waals surface area contributed by atoms with Gasteiger partial charge in [-0.3, -0.25) is 15.1 Å². The zero-order valence-electron chi connectivity index (χ0n) is 28.5. The predicted molar refractivity (Wildman–Crippen MR) is 193 cm³/mol. The first-order valence-corrected chi connectivity index (χ1v) is 17.1. The summed E-state index contributed by atoms with van der Waals surface area (Å²) in [5, 5.41) is 32.3. The molecule has 3 aromatic carbocycles. The molecule has 1 aliphatic rings.